The summed E-state index contributed by atoms with van der Waals surface area (Å²) in [4.78, 5) is 13.7. The van der Waals surface area contributed by atoms with Crippen LogP contribution in [0.5, 0.6) is 5.75 Å². The van der Waals surface area contributed by atoms with E-state index in [1.54, 1.807) is 24.0 Å². The van der Waals surface area contributed by atoms with Crippen LogP contribution in [0.25, 0.3) is 0 Å². The highest BCUT2D eigenvalue weighted by Gasteiger charge is 2.14. The van der Waals surface area contributed by atoms with E-state index in [1.165, 1.54) is 0 Å². The molecule has 0 aliphatic rings. The predicted molar refractivity (Wildman–Crippen MR) is 85.3 cm³/mol. The average Bonchev–Trinajstić information content (AvgIpc) is 2.46. The van der Waals surface area contributed by atoms with Crippen LogP contribution in [0.2, 0.25) is 0 Å². The van der Waals surface area contributed by atoms with Gasteiger partial charge in [-0.2, -0.15) is 0 Å². The topological polar surface area (TPSA) is 55.6 Å². The van der Waals surface area contributed by atoms with Crippen molar-refractivity contribution in [2.75, 3.05) is 17.2 Å². The van der Waals surface area contributed by atoms with Crippen LogP contribution < -0.4 is 15.4 Å². The molecule has 0 radical (unpaired) electrons. The summed E-state index contributed by atoms with van der Waals surface area (Å²) >= 11 is 0. The molecule has 0 heterocycles. The quantitative estimate of drug-likeness (QED) is 0.858. The summed E-state index contributed by atoms with van der Waals surface area (Å²) in [5, 5.41) is 0. The number of amides is 1. The Bertz CT molecular complexity index is 626. The molecule has 0 aromatic heterocycles. The van der Waals surface area contributed by atoms with Crippen LogP contribution in [0, 0.1) is 0 Å². The molecule has 21 heavy (non-hydrogen) atoms. The number of rotatable bonds is 5. The minimum atomic E-state index is -0.0353. The molecule has 0 aliphatic carbocycles. The Morgan fingerprint density at radius 3 is 2.62 bits per heavy atom. The van der Waals surface area contributed by atoms with Crippen molar-refractivity contribution in [3.8, 4) is 5.75 Å². The molecule has 2 aromatic rings. The number of benzene rings is 2. The first-order valence-electron chi connectivity index (χ1n) is 6.96. The summed E-state index contributed by atoms with van der Waals surface area (Å²) in [6, 6.07) is 15.1. The van der Waals surface area contributed by atoms with Crippen molar-refractivity contribution < 1.29 is 9.53 Å². The van der Waals surface area contributed by atoms with Gasteiger partial charge in [-0.05, 0) is 31.2 Å². The monoisotopic (exact) mass is 284 g/mol. The lowest BCUT2D eigenvalue weighted by Crippen LogP contribution is -2.28. The van der Waals surface area contributed by atoms with Crippen molar-refractivity contribution in [1.29, 1.82) is 0 Å². The number of nitrogens with zero attached hydrogens (tertiary/aromatic N) is 1. The number of hydrogen-bond acceptors (Lipinski definition) is 3. The Balaban J connectivity index is 2.31. The van der Waals surface area contributed by atoms with Crippen molar-refractivity contribution >= 4 is 17.3 Å². The smallest absolute Gasteiger partial charge is 0.224 e. The number of nitrogen functional groups attached to an aromatic ring is 1. The summed E-state index contributed by atoms with van der Waals surface area (Å²) < 4.78 is 5.61. The molecule has 1 amide bonds. The third-order valence-corrected chi connectivity index (χ3v) is 3.16. The molecule has 0 fully saturated rings. The zero-order valence-corrected chi connectivity index (χ0v) is 12.4. The maximum Gasteiger partial charge on any atom is 0.224 e. The average molecular weight is 284 g/mol. The standard InChI is InChI=1S/C17H20N2O2/c1-3-21-17-10-5-4-7-14(17)12-19(13(2)20)16-9-6-8-15(18)11-16/h4-11H,3,12,18H2,1-2H3. The molecule has 0 aliphatic heterocycles. The van der Waals surface area contributed by atoms with Crippen LogP contribution in [0.3, 0.4) is 0 Å². The number of nitrogens with two attached hydrogens (primary N) is 1. The first-order valence-corrected chi connectivity index (χ1v) is 6.96. The van der Waals surface area contributed by atoms with Crippen molar-refractivity contribution in [3.05, 3.63) is 54.1 Å². The Morgan fingerprint density at radius 2 is 1.95 bits per heavy atom. The van der Waals surface area contributed by atoms with E-state index in [-0.39, 0.29) is 5.91 Å². The summed E-state index contributed by atoms with van der Waals surface area (Å²) in [6.45, 7) is 4.54. The second-order valence-electron chi connectivity index (χ2n) is 4.74. The molecule has 4 heteroatoms. The Morgan fingerprint density at radius 1 is 1.19 bits per heavy atom. The lowest BCUT2D eigenvalue weighted by Gasteiger charge is -2.23. The molecule has 2 aromatic carbocycles. The molecule has 0 spiro atoms. The second-order valence-corrected chi connectivity index (χ2v) is 4.74. The molecule has 0 unspecified atom stereocenters. The fraction of sp³-hybridized carbons (Fsp3) is 0.235. The fourth-order valence-electron chi connectivity index (χ4n) is 2.18. The third-order valence-electron chi connectivity index (χ3n) is 3.16. The fourth-order valence-corrected chi connectivity index (χ4v) is 2.18. The summed E-state index contributed by atoms with van der Waals surface area (Å²) in [5.74, 6) is 0.766. The van der Waals surface area contributed by atoms with Crippen molar-refractivity contribution in [2.24, 2.45) is 0 Å². The van der Waals surface area contributed by atoms with Crippen LogP contribution in [0.4, 0.5) is 11.4 Å². The van der Waals surface area contributed by atoms with Crippen LogP contribution in [0.1, 0.15) is 19.4 Å². The van der Waals surface area contributed by atoms with Gasteiger partial charge in [-0.3, -0.25) is 4.79 Å². The van der Waals surface area contributed by atoms with E-state index in [0.717, 1.165) is 17.0 Å². The molecule has 0 atom stereocenters. The van der Waals surface area contributed by atoms with Crippen molar-refractivity contribution in [1.82, 2.24) is 0 Å². The van der Waals surface area contributed by atoms with Crippen LogP contribution in [0.15, 0.2) is 48.5 Å². The molecule has 4 nitrogen and oxygen atoms in total. The maximum absolute atomic E-state index is 12.0. The van der Waals surface area contributed by atoms with Gasteiger partial charge in [0.15, 0.2) is 0 Å². The van der Waals surface area contributed by atoms with Crippen molar-refractivity contribution in [2.45, 2.75) is 20.4 Å². The number of carbonyl (C=O) groups excluding carboxylic acids is 1. The molecule has 0 bridgehead atoms. The van der Waals surface area contributed by atoms with E-state index in [9.17, 15) is 4.79 Å². The molecule has 2 N–H and O–H groups in total. The van der Waals surface area contributed by atoms with Gasteiger partial charge in [0.05, 0.1) is 13.2 Å². The first kappa shape index (κ1) is 14.9. The SMILES string of the molecule is CCOc1ccccc1CN(C(C)=O)c1cccc(N)c1. The molecule has 0 saturated carbocycles. The molecular weight excluding hydrogens is 264 g/mol. The van der Waals surface area contributed by atoms with Gasteiger partial charge in [0.25, 0.3) is 0 Å². The van der Waals surface area contributed by atoms with E-state index in [0.29, 0.717) is 18.8 Å². The highest BCUT2D eigenvalue weighted by molar-refractivity contribution is 5.91. The van der Waals surface area contributed by atoms with Gasteiger partial charge >= 0.3 is 0 Å². The summed E-state index contributed by atoms with van der Waals surface area (Å²) in [6.07, 6.45) is 0. The van der Waals surface area contributed by atoms with E-state index >= 15 is 0 Å². The number of anilines is 2. The summed E-state index contributed by atoms with van der Waals surface area (Å²) in [7, 11) is 0. The van der Waals surface area contributed by atoms with E-state index < -0.39 is 0 Å². The molecule has 0 saturated heterocycles. The normalized spacial score (nSPS) is 10.2. The first-order chi connectivity index (χ1) is 10.1. The number of carbonyl (C=O) groups is 1. The van der Waals surface area contributed by atoms with Gasteiger partial charge in [-0.25, -0.2) is 0 Å². The Hall–Kier alpha value is -2.49. The minimum absolute atomic E-state index is 0.0353. The largest absolute Gasteiger partial charge is 0.494 e. The summed E-state index contributed by atoms with van der Waals surface area (Å²) in [5.41, 5.74) is 8.20. The highest BCUT2D eigenvalue weighted by Crippen LogP contribution is 2.24. The van der Waals surface area contributed by atoms with E-state index in [2.05, 4.69) is 0 Å². The van der Waals surface area contributed by atoms with Crippen LogP contribution >= 0.6 is 0 Å². The van der Waals surface area contributed by atoms with E-state index in [4.69, 9.17) is 10.5 Å². The number of hydrogen-bond donors (Lipinski definition) is 1. The Kier molecular flexibility index (Phi) is 4.82. The zero-order chi connectivity index (χ0) is 15.2. The van der Waals surface area contributed by atoms with Crippen LogP contribution in [-0.4, -0.2) is 12.5 Å². The van der Waals surface area contributed by atoms with E-state index in [1.807, 2.05) is 43.3 Å². The van der Waals surface area contributed by atoms with Gasteiger partial charge in [0, 0.05) is 23.9 Å². The van der Waals surface area contributed by atoms with Crippen molar-refractivity contribution in [3.63, 3.8) is 0 Å². The number of para-hydroxylation sites is 1. The number of ether oxygens (including phenoxy) is 1. The lowest BCUT2D eigenvalue weighted by molar-refractivity contribution is -0.116. The van der Waals surface area contributed by atoms with Gasteiger partial charge in [-0.1, -0.05) is 24.3 Å². The van der Waals surface area contributed by atoms with Gasteiger partial charge in [0.2, 0.25) is 5.91 Å². The minimum Gasteiger partial charge on any atom is -0.494 e. The molecule has 110 valence electrons. The van der Waals surface area contributed by atoms with Gasteiger partial charge in [0.1, 0.15) is 5.75 Å². The van der Waals surface area contributed by atoms with Crippen LogP contribution in [-0.2, 0) is 11.3 Å². The lowest BCUT2D eigenvalue weighted by atomic mass is 10.1. The Labute approximate surface area is 125 Å². The third kappa shape index (κ3) is 3.75. The molecular formula is C17H20N2O2. The molecule has 2 rings (SSSR count). The maximum atomic E-state index is 12.0. The predicted octanol–water partition coefficient (Wildman–Crippen LogP) is 3.22. The van der Waals surface area contributed by atoms with Gasteiger partial charge < -0.3 is 15.4 Å². The van der Waals surface area contributed by atoms with Gasteiger partial charge in [-0.15, -0.1) is 0 Å². The zero-order valence-electron chi connectivity index (χ0n) is 12.4. The second kappa shape index (κ2) is 6.79. The highest BCUT2D eigenvalue weighted by atomic mass is 16.5.